The number of carbonyl (C=O) groups is 3. The number of hydrogen-bond donors (Lipinski definition) is 0. The van der Waals surface area contributed by atoms with Crippen molar-refractivity contribution >= 4 is 17.9 Å². The molecule has 70 heavy (non-hydrogen) atoms. The van der Waals surface area contributed by atoms with Crippen LogP contribution in [0.1, 0.15) is 258 Å². The molecule has 0 aliphatic rings. The molecule has 0 heterocycles. The Morgan fingerprint density at radius 2 is 0.571 bits per heavy atom. The monoisotopic (exact) mass is 971 g/mol. The summed E-state index contributed by atoms with van der Waals surface area (Å²) in [5.41, 5.74) is 0. The average molecular weight is 972 g/mol. The van der Waals surface area contributed by atoms with E-state index in [0.29, 0.717) is 19.3 Å². The third-order valence-corrected chi connectivity index (χ3v) is 12.0. The van der Waals surface area contributed by atoms with E-state index in [0.717, 1.165) is 148 Å². The summed E-state index contributed by atoms with van der Waals surface area (Å²) in [5, 5.41) is 0. The molecule has 0 N–H and O–H groups in total. The molecule has 0 aromatic heterocycles. The van der Waals surface area contributed by atoms with Crippen molar-refractivity contribution in [2.45, 2.75) is 264 Å². The number of esters is 3. The van der Waals surface area contributed by atoms with Gasteiger partial charge >= 0.3 is 17.9 Å². The van der Waals surface area contributed by atoms with Crippen LogP contribution in [0.3, 0.4) is 0 Å². The zero-order chi connectivity index (χ0) is 50.7. The molecular weight excluding hydrogens is 865 g/mol. The van der Waals surface area contributed by atoms with Crippen LogP contribution in [0.5, 0.6) is 0 Å². The molecule has 0 amide bonds. The highest BCUT2D eigenvalue weighted by Crippen LogP contribution is 2.14. The van der Waals surface area contributed by atoms with Crippen molar-refractivity contribution in [3.63, 3.8) is 0 Å². The van der Waals surface area contributed by atoms with E-state index in [1.807, 2.05) is 0 Å². The second-order valence-electron chi connectivity index (χ2n) is 18.8. The Balaban J connectivity index is 4.45. The summed E-state index contributed by atoms with van der Waals surface area (Å²) < 4.78 is 16.8. The van der Waals surface area contributed by atoms with Gasteiger partial charge in [0.05, 0.1) is 0 Å². The maximum atomic E-state index is 12.9. The van der Waals surface area contributed by atoms with Crippen LogP contribution in [0.2, 0.25) is 0 Å². The molecule has 0 saturated carbocycles. The second kappa shape index (κ2) is 57.6. The molecule has 1 atom stereocenters. The maximum absolute atomic E-state index is 12.9. The van der Waals surface area contributed by atoms with Crippen molar-refractivity contribution in [2.24, 2.45) is 0 Å². The van der Waals surface area contributed by atoms with Crippen LogP contribution in [-0.4, -0.2) is 37.2 Å². The first-order chi connectivity index (χ1) is 34.5. The predicted octanol–water partition coefficient (Wildman–Crippen LogP) is 19.5. The van der Waals surface area contributed by atoms with E-state index in [1.165, 1.54) is 70.6 Å². The van der Waals surface area contributed by atoms with Crippen molar-refractivity contribution < 1.29 is 28.6 Å². The number of rotatable bonds is 51. The number of unbranched alkanes of at least 4 members (excludes halogenated alkanes) is 22. The van der Waals surface area contributed by atoms with Gasteiger partial charge in [0.25, 0.3) is 0 Å². The van der Waals surface area contributed by atoms with Crippen molar-refractivity contribution in [3.05, 3.63) is 109 Å². The Labute approximate surface area is 431 Å². The second-order valence-corrected chi connectivity index (χ2v) is 18.8. The van der Waals surface area contributed by atoms with Gasteiger partial charge in [-0.3, -0.25) is 14.4 Å². The molecule has 0 rings (SSSR count). The van der Waals surface area contributed by atoms with E-state index in [9.17, 15) is 14.4 Å². The number of ether oxygens (including phenoxy) is 3. The van der Waals surface area contributed by atoms with Gasteiger partial charge in [0.2, 0.25) is 0 Å². The van der Waals surface area contributed by atoms with Gasteiger partial charge in [0.15, 0.2) is 6.10 Å². The number of allylic oxidation sites excluding steroid dienone is 18. The summed E-state index contributed by atoms with van der Waals surface area (Å²) in [4.78, 5) is 38.2. The van der Waals surface area contributed by atoms with E-state index in [1.54, 1.807) is 0 Å². The molecule has 398 valence electrons. The summed E-state index contributed by atoms with van der Waals surface area (Å²) in [7, 11) is 0. The van der Waals surface area contributed by atoms with Crippen molar-refractivity contribution in [3.8, 4) is 0 Å². The molecule has 0 fully saturated rings. The molecule has 1 unspecified atom stereocenters. The van der Waals surface area contributed by atoms with Crippen LogP contribution >= 0.6 is 0 Å². The summed E-state index contributed by atoms with van der Waals surface area (Å²) in [5.74, 6) is -0.935. The highest BCUT2D eigenvalue weighted by atomic mass is 16.6. The third kappa shape index (κ3) is 55.0. The molecular formula is C64H106O6. The van der Waals surface area contributed by atoms with Gasteiger partial charge in [-0.05, 0) is 122 Å². The van der Waals surface area contributed by atoms with Crippen molar-refractivity contribution in [1.82, 2.24) is 0 Å². The van der Waals surface area contributed by atoms with E-state index >= 15 is 0 Å². The van der Waals surface area contributed by atoms with Gasteiger partial charge in [-0.2, -0.15) is 0 Å². The molecule has 0 radical (unpaired) electrons. The quantitative estimate of drug-likeness (QED) is 0.0262. The van der Waals surface area contributed by atoms with Gasteiger partial charge in [0, 0.05) is 19.3 Å². The fourth-order valence-electron chi connectivity index (χ4n) is 7.63. The number of carbonyl (C=O) groups excluding carboxylic acids is 3. The van der Waals surface area contributed by atoms with E-state index in [-0.39, 0.29) is 31.1 Å². The summed E-state index contributed by atoms with van der Waals surface area (Å²) >= 11 is 0. The molecule has 6 nitrogen and oxygen atoms in total. The Bertz CT molecular complexity index is 1440. The molecule has 0 bridgehead atoms. The normalized spacial score (nSPS) is 12.9. The highest BCUT2D eigenvalue weighted by Gasteiger charge is 2.19. The lowest BCUT2D eigenvalue weighted by atomic mass is 10.1. The Morgan fingerprint density at radius 1 is 0.300 bits per heavy atom. The smallest absolute Gasteiger partial charge is 0.306 e. The summed E-state index contributed by atoms with van der Waals surface area (Å²) in [6, 6.07) is 0. The average Bonchev–Trinajstić information content (AvgIpc) is 3.36. The standard InChI is InChI=1S/C64H106O6/c1-4-7-10-13-16-19-22-25-28-30-31-32-33-35-36-39-42-45-48-51-54-57-63(66)69-60-61(59-68-62(65)56-53-50-47-44-41-38-27-24-21-18-15-12-9-6-3)70-64(67)58-55-52-49-46-43-40-37-34-29-26-23-20-17-14-11-8-5-2/h7,10,15-20,24-29,31-32,35-36,61H,4-6,8-9,11-14,21-23,30,33-34,37-60H2,1-3H3/b10-7-,18-15-,19-16-,20-17-,27-24-,28-25-,29-26-,32-31-,36-35-. The Hall–Kier alpha value is -3.93. The van der Waals surface area contributed by atoms with E-state index < -0.39 is 6.10 Å². The van der Waals surface area contributed by atoms with Crippen LogP contribution < -0.4 is 0 Å². The first-order valence-electron chi connectivity index (χ1n) is 28.9. The molecule has 0 spiro atoms. The third-order valence-electron chi connectivity index (χ3n) is 12.0. The first-order valence-corrected chi connectivity index (χ1v) is 28.9. The molecule has 6 heteroatoms. The largest absolute Gasteiger partial charge is 0.462 e. The van der Waals surface area contributed by atoms with Crippen LogP contribution in [0.25, 0.3) is 0 Å². The fourth-order valence-corrected chi connectivity index (χ4v) is 7.63. The Kier molecular flexibility index (Phi) is 54.4. The molecule has 0 aliphatic carbocycles. The summed E-state index contributed by atoms with van der Waals surface area (Å²) in [6.07, 6.45) is 77.8. The van der Waals surface area contributed by atoms with Gasteiger partial charge in [-0.25, -0.2) is 0 Å². The minimum Gasteiger partial charge on any atom is -0.462 e. The molecule has 0 saturated heterocycles. The Morgan fingerprint density at radius 3 is 0.914 bits per heavy atom. The lowest BCUT2D eigenvalue weighted by molar-refractivity contribution is -0.167. The van der Waals surface area contributed by atoms with Gasteiger partial charge < -0.3 is 14.2 Å². The van der Waals surface area contributed by atoms with Crippen LogP contribution in [0.4, 0.5) is 0 Å². The highest BCUT2D eigenvalue weighted by molar-refractivity contribution is 5.71. The molecule has 0 aromatic carbocycles. The lowest BCUT2D eigenvalue weighted by Gasteiger charge is -2.18. The van der Waals surface area contributed by atoms with Crippen molar-refractivity contribution in [2.75, 3.05) is 13.2 Å². The van der Waals surface area contributed by atoms with Gasteiger partial charge in [0.1, 0.15) is 13.2 Å². The minimum atomic E-state index is -0.799. The minimum absolute atomic E-state index is 0.0964. The van der Waals surface area contributed by atoms with Crippen molar-refractivity contribution in [1.29, 1.82) is 0 Å². The number of hydrogen-bond acceptors (Lipinski definition) is 6. The van der Waals surface area contributed by atoms with Crippen LogP contribution in [0.15, 0.2) is 109 Å². The lowest BCUT2D eigenvalue weighted by Crippen LogP contribution is -2.30. The zero-order valence-corrected chi connectivity index (χ0v) is 45.5. The van der Waals surface area contributed by atoms with Crippen LogP contribution in [-0.2, 0) is 28.6 Å². The fraction of sp³-hybridized carbons (Fsp3) is 0.672. The summed E-state index contributed by atoms with van der Waals surface area (Å²) in [6.45, 7) is 6.43. The first kappa shape index (κ1) is 66.1. The van der Waals surface area contributed by atoms with Gasteiger partial charge in [-0.15, -0.1) is 0 Å². The molecule has 0 aromatic rings. The predicted molar refractivity (Wildman–Crippen MR) is 302 cm³/mol. The zero-order valence-electron chi connectivity index (χ0n) is 45.5. The SMILES string of the molecule is CC/C=C\C/C=C\C/C=C\C/C=C\C/C=C\CCCCCCCC(=O)OCC(COC(=O)CCCCCCC/C=C\C/C=C\CCCC)OC(=O)CCCCCCCCC/C=C\C/C=C\CCCCC. The van der Waals surface area contributed by atoms with E-state index in [4.69, 9.17) is 14.2 Å². The topological polar surface area (TPSA) is 78.9 Å². The molecule has 0 aliphatic heterocycles. The van der Waals surface area contributed by atoms with Gasteiger partial charge in [-0.1, -0.05) is 226 Å². The van der Waals surface area contributed by atoms with Crippen LogP contribution in [0, 0.1) is 0 Å². The maximum Gasteiger partial charge on any atom is 0.306 e. The van der Waals surface area contributed by atoms with E-state index in [2.05, 4.69) is 130 Å².